The Balaban J connectivity index is 1.88. The predicted octanol–water partition coefficient (Wildman–Crippen LogP) is 4.90. The van der Waals surface area contributed by atoms with Crippen molar-refractivity contribution in [2.24, 2.45) is 5.92 Å². The van der Waals surface area contributed by atoms with E-state index in [2.05, 4.69) is 9.97 Å². The maximum absolute atomic E-state index is 11.5. The number of carbonyl (C=O) groups is 1. The number of anilines is 1. The number of benzene rings is 2. The van der Waals surface area contributed by atoms with Crippen molar-refractivity contribution in [2.45, 2.75) is 12.8 Å². The third kappa shape index (κ3) is 3.57. The number of hydrogen-bond acceptors (Lipinski definition) is 4. The molecule has 1 fully saturated rings. The molecule has 2 heterocycles. The molecule has 0 spiro atoms. The van der Waals surface area contributed by atoms with Crippen molar-refractivity contribution < 1.29 is 9.90 Å². The van der Waals surface area contributed by atoms with E-state index in [1.165, 1.54) is 6.33 Å². The molecule has 1 aliphatic heterocycles. The summed E-state index contributed by atoms with van der Waals surface area (Å²) in [5, 5.41) is 11.4. The quantitative estimate of drug-likeness (QED) is 0.675. The van der Waals surface area contributed by atoms with Crippen LogP contribution in [0.3, 0.4) is 0 Å². The summed E-state index contributed by atoms with van der Waals surface area (Å²) in [7, 11) is 0. The highest BCUT2D eigenvalue weighted by Crippen LogP contribution is 2.37. The topological polar surface area (TPSA) is 66.3 Å². The summed E-state index contributed by atoms with van der Waals surface area (Å²) in [6.07, 6.45) is 3.02. The summed E-state index contributed by atoms with van der Waals surface area (Å²) in [6.45, 7) is 1.20. The van der Waals surface area contributed by atoms with Crippen LogP contribution >= 0.6 is 23.2 Å². The molecule has 0 radical (unpaired) electrons. The van der Waals surface area contributed by atoms with E-state index >= 15 is 0 Å². The molecule has 1 unspecified atom stereocenters. The molecule has 27 heavy (non-hydrogen) atoms. The second kappa shape index (κ2) is 7.33. The van der Waals surface area contributed by atoms with Crippen LogP contribution in [0, 0.1) is 5.92 Å². The number of carboxylic acid groups (broad SMARTS) is 1. The van der Waals surface area contributed by atoms with Gasteiger partial charge in [0.15, 0.2) is 0 Å². The fraction of sp³-hybridized carbons (Fsp3) is 0.250. The van der Waals surface area contributed by atoms with Gasteiger partial charge in [0.1, 0.15) is 12.1 Å². The maximum Gasteiger partial charge on any atom is 0.308 e. The Bertz CT molecular complexity index is 1000. The summed E-state index contributed by atoms with van der Waals surface area (Å²) >= 11 is 12.4. The molecule has 1 aliphatic rings. The van der Waals surface area contributed by atoms with Crippen molar-refractivity contribution >= 4 is 45.9 Å². The normalized spacial score (nSPS) is 17.3. The molecule has 0 aliphatic carbocycles. The van der Waals surface area contributed by atoms with Crippen LogP contribution < -0.4 is 4.90 Å². The van der Waals surface area contributed by atoms with Crippen LogP contribution in [-0.2, 0) is 4.79 Å². The molecule has 7 heteroatoms. The van der Waals surface area contributed by atoms with Gasteiger partial charge >= 0.3 is 5.97 Å². The van der Waals surface area contributed by atoms with Crippen molar-refractivity contribution in [3.05, 3.63) is 52.8 Å². The molecule has 2 aromatic carbocycles. The zero-order valence-electron chi connectivity index (χ0n) is 14.4. The van der Waals surface area contributed by atoms with Crippen molar-refractivity contribution in [1.29, 1.82) is 0 Å². The van der Waals surface area contributed by atoms with Crippen molar-refractivity contribution in [3.63, 3.8) is 0 Å². The number of aromatic nitrogens is 2. The summed E-state index contributed by atoms with van der Waals surface area (Å²) in [6, 6.07) is 11.2. The molecule has 4 rings (SSSR count). The Kier molecular flexibility index (Phi) is 4.89. The first-order chi connectivity index (χ1) is 13.0. The average molecular weight is 402 g/mol. The second-order valence-electron chi connectivity index (χ2n) is 6.68. The number of nitrogens with zero attached hydrogens (tertiary/aromatic N) is 3. The fourth-order valence-corrected chi connectivity index (χ4v) is 4.18. The van der Waals surface area contributed by atoms with E-state index in [1.807, 2.05) is 35.2 Å². The molecule has 1 saturated heterocycles. The summed E-state index contributed by atoms with van der Waals surface area (Å²) < 4.78 is 0. The molecule has 0 bridgehead atoms. The Morgan fingerprint density at radius 3 is 2.67 bits per heavy atom. The standard InChI is InChI=1S/C20H17Cl2N3O2/c21-14-7-13(8-15(22)9-14)16-4-1-5-17-18(16)19(24-11-23-17)25-6-2-3-12(10-25)20(26)27/h1,4-5,7-9,11-12H,2-3,6,10H2,(H,26,27). The Morgan fingerprint density at radius 1 is 1.15 bits per heavy atom. The SMILES string of the molecule is O=C(O)C1CCCN(c2ncnc3cccc(-c4cc(Cl)cc(Cl)c4)c23)C1. The van der Waals surface area contributed by atoms with Gasteiger partial charge in [-0.3, -0.25) is 4.79 Å². The number of hydrogen-bond donors (Lipinski definition) is 1. The first-order valence-electron chi connectivity index (χ1n) is 8.71. The van der Waals surface area contributed by atoms with Crippen LogP contribution in [0.1, 0.15) is 12.8 Å². The smallest absolute Gasteiger partial charge is 0.308 e. The molecule has 138 valence electrons. The van der Waals surface area contributed by atoms with Gasteiger partial charge in [-0.1, -0.05) is 35.3 Å². The van der Waals surface area contributed by atoms with Crippen molar-refractivity contribution in [1.82, 2.24) is 9.97 Å². The van der Waals surface area contributed by atoms with E-state index in [1.54, 1.807) is 6.07 Å². The minimum Gasteiger partial charge on any atom is -0.481 e. The van der Waals surface area contributed by atoms with Gasteiger partial charge in [0.05, 0.1) is 16.8 Å². The lowest BCUT2D eigenvalue weighted by Gasteiger charge is -2.32. The van der Waals surface area contributed by atoms with E-state index in [9.17, 15) is 9.90 Å². The van der Waals surface area contributed by atoms with E-state index < -0.39 is 11.9 Å². The number of rotatable bonds is 3. The monoisotopic (exact) mass is 401 g/mol. The van der Waals surface area contributed by atoms with Crippen molar-refractivity contribution in [2.75, 3.05) is 18.0 Å². The number of halogens is 2. The summed E-state index contributed by atoms with van der Waals surface area (Å²) in [5.74, 6) is -0.408. The van der Waals surface area contributed by atoms with Gasteiger partial charge in [0.2, 0.25) is 0 Å². The fourth-order valence-electron chi connectivity index (χ4n) is 3.65. The van der Waals surface area contributed by atoms with Gasteiger partial charge < -0.3 is 10.0 Å². The second-order valence-corrected chi connectivity index (χ2v) is 7.55. The summed E-state index contributed by atoms with van der Waals surface area (Å²) in [4.78, 5) is 22.4. The lowest BCUT2D eigenvalue weighted by atomic mass is 9.96. The Morgan fingerprint density at radius 2 is 1.93 bits per heavy atom. The van der Waals surface area contributed by atoms with Crippen LogP contribution in [0.5, 0.6) is 0 Å². The molecule has 1 atom stereocenters. The summed E-state index contributed by atoms with van der Waals surface area (Å²) in [5.41, 5.74) is 2.59. The third-order valence-corrected chi connectivity index (χ3v) is 5.32. The molecular formula is C20H17Cl2N3O2. The largest absolute Gasteiger partial charge is 0.481 e. The lowest BCUT2D eigenvalue weighted by molar-refractivity contribution is -0.141. The van der Waals surface area contributed by atoms with Crippen molar-refractivity contribution in [3.8, 4) is 11.1 Å². The van der Waals surface area contributed by atoms with Crippen LogP contribution in [0.4, 0.5) is 5.82 Å². The van der Waals surface area contributed by atoms with Crippen LogP contribution in [0.15, 0.2) is 42.7 Å². The highest BCUT2D eigenvalue weighted by molar-refractivity contribution is 6.35. The van der Waals surface area contributed by atoms with Gasteiger partial charge in [0.25, 0.3) is 0 Å². The molecule has 1 aromatic heterocycles. The minimum atomic E-state index is -0.764. The average Bonchev–Trinajstić information content (AvgIpc) is 2.66. The first-order valence-corrected chi connectivity index (χ1v) is 9.46. The highest BCUT2D eigenvalue weighted by Gasteiger charge is 2.27. The maximum atomic E-state index is 11.5. The van der Waals surface area contributed by atoms with Gasteiger partial charge in [-0.15, -0.1) is 0 Å². The number of aliphatic carboxylic acids is 1. The van der Waals surface area contributed by atoms with Gasteiger partial charge in [0, 0.05) is 23.1 Å². The third-order valence-electron chi connectivity index (χ3n) is 4.89. The molecule has 3 aromatic rings. The first kappa shape index (κ1) is 18.0. The van der Waals surface area contributed by atoms with Gasteiger partial charge in [-0.2, -0.15) is 0 Å². The zero-order valence-corrected chi connectivity index (χ0v) is 15.9. The van der Waals surface area contributed by atoms with Crippen LogP contribution in [0.2, 0.25) is 10.0 Å². The Hall–Kier alpha value is -2.37. The van der Waals surface area contributed by atoms with Crippen LogP contribution in [0.25, 0.3) is 22.0 Å². The van der Waals surface area contributed by atoms with E-state index in [-0.39, 0.29) is 0 Å². The number of piperidine rings is 1. The van der Waals surface area contributed by atoms with Gasteiger partial charge in [-0.05, 0) is 48.2 Å². The molecular weight excluding hydrogens is 385 g/mol. The van der Waals surface area contributed by atoms with Crippen LogP contribution in [-0.4, -0.2) is 34.1 Å². The number of fused-ring (bicyclic) bond motifs is 1. The van der Waals surface area contributed by atoms with E-state index in [4.69, 9.17) is 23.2 Å². The highest BCUT2D eigenvalue weighted by atomic mass is 35.5. The predicted molar refractivity (Wildman–Crippen MR) is 108 cm³/mol. The van der Waals surface area contributed by atoms with E-state index in [0.717, 1.165) is 40.8 Å². The minimum absolute atomic E-state index is 0.392. The Labute approximate surface area is 166 Å². The molecule has 1 N–H and O–H groups in total. The zero-order chi connectivity index (χ0) is 19.0. The molecule has 5 nitrogen and oxygen atoms in total. The molecule has 0 saturated carbocycles. The molecule has 0 amide bonds. The lowest BCUT2D eigenvalue weighted by Crippen LogP contribution is -2.39. The number of carboxylic acids is 1. The van der Waals surface area contributed by atoms with E-state index in [0.29, 0.717) is 23.0 Å². The van der Waals surface area contributed by atoms with Gasteiger partial charge in [-0.25, -0.2) is 9.97 Å².